The second kappa shape index (κ2) is 5.80. The van der Waals surface area contributed by atoms with Crippen LogP contribution in [0.25, 0.3) is 11.3 Å². The Labute approximate surface area is 132 Å². The van der Waals surface area contributed by atoms with Crippen LogP contribution in [0.3, 0.4) is 0 Å². The molecule has 3 aromatic rings. The SMILES string of the molecule is Nc1c(-c2cc(Cl)ccc2Cl)ncn1Cc1ccccc1. The van der Waals surface area contributed by atoms with Crippen LogP contribution in [0.1, 0.15) is 5.56 Å². The standard InChI is InChI=1S/C16H13Cl2N3/c17-12-6-7-14(18)13(8-12)15-16(19)21(10-20-15)9-11-4-2-1-3-5-11/h1-8,10H,9,19H2. The number of nitrogens with two attached hydrogens (primary N) is 1. The molecule has 0 atom stereocenters. The fourth-order valence-electron chi connectivity index (χ4n) is 2.18. The second-order valence-electron chi connectivity index (χ2n) is 4.72. The summed E-state index contributed by atoms with van der Waals surface area (Å²) in [6, 6.07) is 15.3. The smallest absolute Gasteiger partial charge is 0.131 e. The van der Waals surface area contributed by atoms with Gasteiger partial charge in [-0.1, -0.05) is 53.5 Å². The van der Waals surface area contributed by atoms with Gasteiger partial charge in [-0.25, -0.2) is 4.98 Å². The number of benzene rings is 2. The summed E-state index contributed by atoms with van der Waals surface area (Å²) in [5.41, 5.74) is 8.75. The Bertz CT molecular complexity index is 766. The number of imidazole rings is 1. The summed E-state index contributed by atoms with van der Waals surface area (Å²) >= 11 is 12.2. The van der Waals surface area contributed by atoms with Crippen molar-refractivity contribution in [2.45, 2.75) is 6.54 Å². The zero-order valence-electron chi connectivity index (χ0n) is 11.1. The third kappa shape index (κ3) is 2.89. The first-order valence-electron chi connectivity index (χ1n) is 6.45. The minimum atomic E-state index is 0.572. The van der Waals surface area contributed by atoms with E-state index in [0.717, 1.165) is 11.1 Å². The van der Waals surface area contributed by atoms with E-state index in [0.29, 0.717) is 28.1 Å². The van der Waals surface area contributed by atoms with Crippen LogP contribution in [0.4, 0.5) is 5.82 Å². The summed E-state index contributed by atoms with van der Waals surface area (Å²) < 4.78 is 1.89. The van der Waals surface area contributed by atoms with Crippen LogP contribution < -0.4 is 5.73 Å². The average molecular weight is 318 g/mol. The fraction of sp³-hybridized carbons (Fsp3) is 0.0625. The van der Waals surface area contributed by atoms with Crippen molar-refractivity contribution < 1.29 is 0 Å². The third-order valence-corrected chi connectivity index (χ3v) is 3.82. The Morgan fingerprint density at radius 1 is 1.05 bits per heavy atom. The highest BCUT2D eigenvalue weighted by Crippen LogP contribution is 2.33. The van der Waals surface area contributed by atoms with E-state index in [-0.39, 0.29) is 0 Å². The van der Waals surface area contributed by atoms with Crippen molar-refractivity contribution in [2.75, 3.05) is 5.73 Å². The van der Waals surface area contributed by atoms with Crippen LogP contribution in [0.5, 0.6) is 0 Å². The molecule has 1 aromatic heterocycles. The Balaban J connectivity index is 1.98. The molecule has 0 aliphatic rings. The largest absolute Gasteiger partial charge is 0.383 e. The highest BCUT2D eigenvalue weighted by Gasteiger charge is 2.13. The minimum absolute atomic E-state index is 0.572. The maximum Gasteiger partial charge on any atom is 0.131 e. The first-order valence-corrected chi connectivity index (χ1v) is 7.20. The highest BCUT2D eigenvalue weighted by atomic mass is 35.5. The molecular formula is C16H13Cl2N3. The van der Waals surface area contributed by atoms with Gasteiger partial charge in [0.2, 0.25) is 0 Å². The van der Waals surface area contributed by atoms with Crippen molar-refractivity contribution in [1.82, 2.24) is 9.55 Å². The maximum absolute atomic E-state index is 6.21. The Hall–Kier alpha value is -1.97. The van der Waals surface area contributed by atoms with Gasteiger partial charge in [0.05, 0.1) is 17.9 Å². The van der Waals surface area contributed by atoms with Gasteiger partial charge in [-0.15, -0.1) is 0 Å². The molecule has 0 fully saturated rings. The molecule has 0 saturated carbocycles. The molecule has 0 radical (unpaired) electrons. The fourth-order valence-corrected chi connectivity index (χ4v) is 2.56. The van der Waals surface area contributed by atoms with Gasteiger partial charge in [0.25, 0.3) is 0 Å². The van der Waals surface area contributed by atoms with Gasteiger partial charge >= 0.3 is 0 Å². The van der Waals surface area contributed by atoms with E-state index < -0.39 is 0 Å². The van der Waals surface area contributed by atoms with E-state index in [1.165, 1.54) is 0 Å². The number of hydrogen-bond acceptors (Lipinski definition) is 2. The van der Waals surface area contributed by atoms with Gasteiger partial charge in [0, 0.05) is 10.6 Å². The number of nitrogens with zero attached hydrogens (tertiary/aromatic N) is 2. The van der Waals surface area contributed by atoms with Crippen LogP contribution in [-0.2, 0) is 6.54 Å². The first-order chi connectivity index (χ1) is 10.1. The van der Waals surface area contributed by atoms with Gasteiger partial charge in [-0.05, 0) is 23.8 Å². The van der Waals surface area contributed by atoms with Crippen molar-refractivity contribution in [2.24, 2.45) is 0 Å². The van der Waals surface area contributed by atoms with Crippen LogP contribution in [0, 0.1) is 0 Å². The first kappa shape index (κ1) is 14.0. The minimum Gasteiger partial charge on any atom is -0.383 e. The molecule has 0 bridgehead atoms. The lowest BCUT2D eigenvalue weighted by Crippen LogP contribution is -2.03. The summed E-state index contributed by atoms with van der Waals surface area (Å²) in [6.45, 7) is 0.665. The van der Waals surface area contributed by atoms with Gasteiger partial charge in [-0.2, -0.15) is 0 Å². The lowest BCUT2D eigenvalue weighted by molar-refractivity contribution is 0.808. The lowest BCUT2D eigenvalue weighted by atomic mass is 10.1. The normalized spacial score (nSPS) is 10.8. The van der Waals surface area contributed by atoms with Crippen molar-refractivity contribution in [3.8, 4) is 11.3 Å². The summed E-state index contributed by atoms with van der Waals surface area (Å²) in [5, 5.41) is 1.18. The van der Waals surface area contributed by atoms with Crippen molar-refractivity contribution in [3.05, 3.63) is 70.5 Å². The molecule has 0 aliphatic carbocycles. The second-order valence-corrected chi connectivity index (χ2v) is 5.56. The number of nitrogen functional groups attached to an aromatic ring is 1. The zero-order chi connectivity index (χ0) is 14.8. The number of hydrogen-bond donors (Lipinski definition) is 1. The summed E-state index contributed by atoms with van der Waals surface area (Å²) in [5.74, 6) is 0.572. The molecule has 5 heteroatoms. The van der Waals surface area contributed by atoms with E-state index >= 15 is 0 Å². The van der Waals surface area contributed by atoms with E-state index in [1.807, 2.05) is 34.9 Å². The Kier molecular flexibility index (Phi) is 3.86. The van der Waals surface area contributed by atoms with E-state index in [9.17, 15) is 0 Å². The number of halogens is 2. The monoisotopic (exact) mass is 317 g/mol. The molecule has 2 aromatic carbocycles. The zero-order valence-corrected chi connectivity index (χ0v) is 12.6. The molecule has 21 heavy (non-hydrogen) atoms. The molecule has 0 unspecified atom stereocenters. The van der Waals surface area contributed by atoms with Crippen LogP contribution in [0.15, 0.2) is 54.9 Å². The topological polar surface area (TPSA) is 43.8 Å². The molecule has 3 nitrogen and oxygen atoms in total. The van der Waals surface area contributed by atoms with Gasteiger partial charge in [0.15, 0.2) is 0 Å². The molecule has 106 valence electrons. The number of rotatable bonds is 3. The lowest BCUT2D eigenvalue weighted by Gasteiger charge is -2.07. The molecule has 0 saturated heterocycles. The molecule has 1 heterocycles. The third-order valence-electron chi connectivity index (χ3n) is 3.26. The van der Waals surface area contributed by atoms with Gasteiger partial charge in [-0.3, -0.25) is 0 Å². The number of aromatic nitrogens is 2. The molecule has 0 aliphatic heterocycles. The van der Waals surface area contributed by atoms with E-state index in [4.69, 9.17) is 28.9 Å². The molecule has 0 spiro atoms. The van der Waals surface area contributed by atoms with Gasteiger partial charge < -0.3 is 10.3 Å². The van der Waals surface area contributed by atoms with Crippen molar-refractivity contribution in [3.63, 3.8) is 0 Å². The van der Waals surface area contributed by atoms with Gasteiger partial charge in [0.1, 0.15) is 11.5 Å². The number of anilines is 1. The predicted octanol–water partition coefficient (Wildman–Crippen LogP) is 4.49. The van der Waals surface area contributed by atoms with Crippen LogP contribution >= 0.6 is 23.2 Å². The van der Waals surface area contributed by atoms with Crippen LogP contribution in [-0.4, -0.2) is 9.55 Å². The quantitative estimate of drug-likeness (QED) is 0.773. The summed E-state index contributed by atoms with van der Waals surface area (Å²) in [6.07, 6.45) is 1.72. The summed E-state index contributed by atoms with van der Waals surface area (Å²) in [4.78, 5) is 4.38. The van der Waals surface area contributed by atoms with Crippen molar-refractivity contribution in [1.29, 1.82) is 0 Å². The van der Waals surface area contributed by atoms with Crippen LogP contribution in [0.2, 0.25) is 10.0 Å². The average Bonchev–Trinajstić information content (AvgIpc) is 2.84. The molecular weight excluding hydrogens is 305 g/mol. The Morgan fingerprint density at radius 2 is 1.81 bits per heavy atom. The van der Waals surface area contributed by atoms with E-state index in [2.05, 4.69) is 4.98 Å². The van der Waals surface area contributed by atoms with Crippen molar-refractivity contribution >= 4 is 29.0 Å². The molecule has 0 amide bonds. The predicted molar refractivity (Wildman–Crippen MR) is 87.6 cm³/mol. The highest BCUT2D eigenvalue weighted by molar-refractivity contribution is 6.35. The molecule has 3 rings (SSSR count). The maximum atomic E-state index is 6.21. The Morgan fingerprint density at radius 3 is 2.57 bits per heavy atom. The molecule has 2 N–H and O–H groups in total. The van der Waals surface area contributed by atoms with E-state index in [1.54, 1.807) is 24.5 Å². The summed E-state index contributed by atoms with van der Waals surface area (Å²) in [7, 11) is 0.